The minimum absolute atomic E-state index is 0.160. The van der Waals surface area contributed by atoms with Gasteiger partial charge in [-0.25, -0.2) is 4.98 Å². The van der Waals surface area contributed by atoms with Crippen LogP contribution in [0, 0.1) is 5.92 Å². The summed E-state index contributed by atoms with van der Waals surface area (Å²) in [6, 6.07) is 0. The van der Waals surface area contributed by atoms with Gasteiger partial charge in [0.05, 0.1) is 5.69 Å². The van der Waals surface area contributed by atoms with E-state index < -0.39 is 0 Å². The summed E-state index contributed by atoms with van der Waals surface area (Å²) in [4.78, 5) is 18.6. The van der Waals surface area contributed by atoms with Gasteiger partial charge in [-0.3, -0.25) is 15.2 Å². The Morgan fingerprint density at radius 2 is 2.33 bits per heavy atom. The molecule has 3 N–H and O–H groups in total. The van der Waals surface area contributed by atoms with E-state index in [1.54, 1.807) is 11.3 Å². The molecule has 6 nitrogen and oxygen atoms in total. The summed E-state index contributed by atoms with van der Waals surface area (Å²) in [5.74, 6) is 0.614. The van der Waals surface area contributed by atoms with Gasteiger partial charge in [0.15, 0.2) is 10.8 Å². The quantitative estimate of drug-likeness (QED) is 0.795. The summed E-state index contributed by atoms with van der Waals surface area (Å²) < 4.78 is 0. The van der Waals surface area contributed by atoms with Crippen molar-refractivity contribution >= 4 is 22.4 Å². The lowest BCUT2D eigenvalue weighted by atomic mass is 9.88. The van der Waals surface area contributed by atoms with Crippen LogP contribution in [-0.2, 0) is 25.8 Å². The Morgan fingerprint density at radius 3 is 3.21 bits per heavy atom. The van der Waals surface area contributed by atoms with Crippen molar-refractivity contribution in [2.75, 3.05) is 11.9 Å². The Morgan fingerprint density at radius 1 is 1.42 bits per heavy atom. The van der Waals surface area contributed by atoms with Crippen LogP contribution in [0.2, 0.25) is 0 Å². The number of amides is 1. The maximum Gasteiger partial charge on any atom is 0.278 e. The number of nitrogens with zero attached hydrogens (tertiary/aromatic N) is 2. The Bertz CT molecular complexity index is 750. The molecular formula is C17H23N5OS. The van der Waals surface area contributed by atoms with Gasteiger partial charge in [-0.05, 0) is 25.2 Å². The molecule has 7 heteroatoms. The highest BCUT2D eigenvalue weighted by molar-refractivity contribution is 7.15. The van der Waals surface area contributed by atoms with Gasteiger partial charge in [0.1, 0.15) is 0 Å². The zero-order chi connectivity index (χ0) is 16.5. The van der Waals surface area contributed by atoms with Crippen molar-refractivity contribution < 1.29 is 4.79 Å². The maximum absolute atomic E-state index is 12.6. The maximum atomic E-state index is 12.6. The predicted molar refractivity (Wildman–Crippen MR) is 94.5 cm³/mol. The standard InChI is InChI=1S/C17H23N5OS/c1-2-3-10-4-5-13-14(8-10)24-17(19-13)20-16(23)15-11-9-18-7-6-12(11)21-22-15/h10,18H,2-9H2,1H3,(H,21,22)(H,19,20,23). The summed E-state index contributed by atoms with van der Waals surface area (Å²) >= 11 is 1.63. The molecular weight excluding hydrogens is 322 g/mol. The monoisotopic (exact) mass is 345 g/mol. The second-order valence-corrected chi connectivity index (χ2v) is 7.78. The number of carbonyl (C=O) groups is 1. The normalized spacial score (nSPS) is 19.6. The first-order valence-corrected chi connectivity index (χ1v) is 9.63. The van der Waals surface area contributed by atoms with Crippen LogP contribution in [0.5, 0.6) is 0 Å². The fourth-order valence-electron chi connectivity index (χ4n) is 3.72. The summed E-state index contributed by atoms with van der Waals surface area (Å²) in [5, 5.41) is 14.2. The van der Waals surface area contributed by atoms with E-state index in [4.69, 9.17) is 0 Å². The Hall–Kier alpha value is -1.73. The van der Waals surface area contributed by atoms with Gasteiger partial charge in [0.25, 0.3) is 5.91 Å². The first-order valence-electron chi connectivity index (χ1n) is 8.81. The highest BCUT2D eigenvalue weighted by Crippen LogP contribution is 2.34. The van der Waals surface area contributed by atoms with Crippen LogP contribution in [0.4, 0.5) is 5.13 Å². The van der Waals surface area contributed by atoms with Crippen LogP contribution in [0.25, 0.3) is 0 Å². The number of aryl methyl sites for hydroxylation is 1. The molecule has 1 amide bonds. The van der Waals surface area contributed by atoms with Crippen LogP contribution in [0.3, 0.4) is 0 Å². The van der Waals surface area contributed by atoms with Gasteiger partial charge >= 0.3 is 0 Å². The number of nitrogens with one attached hydrogen (secondary N) is 3. The number of hydrogen-bond donors (Lipinski definition) is 3. The zero-order valence-electron chi connectivity index (χ0n) is 13.9. The molecule has 0 spiro atoms. The molecule has 24 heavy (non-hydrogen) atoms. The number of rotatable bonds is 4. The molecule has 128 valence electrons. The minimum Gasteiger partial charge on any atom is -0.312 e. The van der Waals surface area contributed by atoms with E-state index in [9.17, 15) is 4.79 Å². The number of aromatic nitrogens is 3. The average Bonchev–Trinajstić information content (AvgIpc) is 3.18. The van der Waals surface area contributed by atoms with Crippen molar-refractivity contribution in [3.8, 4) is 0 Å². The molecule has 2 aromatic rings. The first-order chi connectivity index (χ1) is 11.7. The van der Waals surface area contributed by atoms with Crippen LogP contribution in [-0.4, -0.2) is 27.6 Å². The molecule has 3 heterocycles. The minimum atomic E-state index is -0.160. The fraction of sp³-hybridized carbons (Fsp3) is 0.588. The molecule has 2 aliphatic rings. The van der Waals surface area contributed by atoms with Crippen LogP contribution in [0.15, 0.2) is 0 Å². The molecule has 0 fully saturated rings. The van der Waals surface area contributed by atoms with Crippen molar-refractivity contribution in [3.63, 3.8) is 0 Å². The van der Waals surface area contributed by atoms with Crippen molar-refractivity contribution in [1.29, 1.82) is 0 Å². The van der Waals surface area contributed by atoms with Crippen LogP contribution < -0.4 is 10.6 Å². The van der Waals surface area contributed by atoms with E-state index in [1.807, 2.05) is 0 Å². The number of thiazole rings is 1. The highest BCUT2D eigenvalue weighted by atomic mass is 32.1. The molecule has 1 unspecified atom stereocenters. The third-order valence-corrected chi connectivity index (χ3v) is 6.02. The van der Waals surface area contributed by atoms with Crippen LogP contribution in [0.1, 0.15) is 58.5 Å². The zero-order valence-corrected chi connectivity index (χ0v) is 14.8. The smallest absolute Gasteiger partial charge is 0.278 e. The highest BCUT2D eigenvalue weighted by Gasteiger charge is 2.25. The SMILES string of the molecule is CCCC1CCc2nc(NC(=O)c3n[nH]c4c3CNCC4)sc2C1. The number of aromatic amines is 1. The van der Waals surface area contributed by atoms with Crippen molar-refractivity contribution in [2.24, 2.45) is 5.92 Å². The molecule has 1 aliphatic carbocycles. The van der Waals surface area contributed by atoms with E-state index in [0.29, 0.717) is 17.4 Å². The lowest BCUT2D eigenvalue weighted by molar-refractivity contribution is 0.102. The predicted octanol–water partition coefficient (Wildman–Crippen LogP) is 2.67. The van der Waals surface area contributed by atoms with Gasteiger partial charge in [0.2, 0.25) is 0 Å². The second kappa shape index (κ2) is 6.64. The number of anilines is 1. The topological polar surface area (TPSA) is 82.7 Å². The van der Waals surface area contributed by atoms with E-state index in [2.05, 4.69) is 32.7 Å². The number of fused-ring (bicyclic) bond motifs is 2. The summed E-state index contributed by atoms with van der Waals surface area (Å²) in [5.41, 5.74) is 3.73. The van der Waals surface area contributed by atoms with E-state index >= 15 is 0 Å². The molecule has 0 bridgehead atoms. The van der Waals surface area contributed by atoms with Gasteiger partial charge < -0.3 is 5.32 Å². The molecule has 0 radical (unpaired) electrons. The lowest BCUT2D eigenvalue weighted by Gasteiger charge is -2.19. The third-order valence-electron chi connectivity index (χ3n) is 4.98. The van der Waals surface area contributed by atoms with E-state index in [0.717, 1.165) is 43.0 Å². The van der Waals surface area contributed by atoms with E-state index in [-0.39, 0.29) is 5.91 Å². The summed E-state index contributed by atoms with van der Waals surface area (Å²) in [6.07, 6.45) is 6.77. The average molecular weight is 345 g/mol. The van der Waals surface area contributed by atoms with Gasteiger partial charge in [0, 0.05) is 35.6 Å². The lowest BCUT2D eigenvalue weighted by Crippen LogP contribution is -2.25. The van der Waals surface area contributed by atoms with Crippen molar-refractivity contribution in [3.05, 3.63) is 27.5 Å². The summed E-state index contributed by atoms with van der Waals surface area (Å²) in [6.45, 7) is 3.86. The Labute approximate surface area is 145 Å². The van der Waals surface area contributed by atoms with Gasteiger partial charge in [-0.15, -0.1) is 11.3 Å². The molecule has 0 aromatic carbocycles. The molecule has 4 rings (SSSR count). The van der Waals surface area contributed by atoms with Crippen LogP contribution >= 0.6 is 11.3 Å². The first kappa shape index (κ1) is 15.8. The van der Waals surface area contributed by atoms with Gasteiger partial charge in [-0.1, -0.05) is 19.8 Å². The molecule has 1 aliphatic heterocycles. The van der Waals surface area contributed by atoms with E-state index in [1.165, 1.54) is 29.8 Å². The number of hydrogen-bond acceptors (Lipinski definition) is 5. The number of carbonyl (C=O) groups excluding carboxylic acids is 1. The Balaban J connectivity index is 1.48. The van der Waals surface area contributed by atoms with Gasteiger partial charge in [-0.2, -0.15) is 5.10 Å². The fourth-order valence-corrected chi connectivity index (χ4v) is 4.84. The Kier molecular flexibility index (Phi) is 4.37. The molecule has 2 aromatic heterocycles. The molecule has 1 atom stereocenters. The second-order valence-electron chi connectivity index (χ2n) is 6.70. The molecule has 0 saturated heterocycles. The third kappa shape index (κ3) is 2.98. The number of H-pyrrole nitrogens is 1. The van der Waals surface area contributed by atoms with Crippen molar-refractivity contribution in [2.45, 2.75) is 52.0 Å². The molecule has 0 saturated carbocycles. The van der Waals surface area contributed by atoms with Crippen molar-refractivity contribution in [1.82, 2.24) is 20.5 Å². The summed E-state index contributed by atoms with van der Waals surface area (Å²) in [7, 11) is 0. The largest absolute Gasteiger partial charge is 0.312 e.